The summed E-state index contributed by atoms with van der Waals surface area (Å²) < 4.78 is 22.8. The number of hydrogen-bond acceptors (Lipinski definition) is 13. The fraction of sp³-hybridized carbons (Fsp3) is 0.894. The Bertz CT molecular complexity index is 1480. The van der Waals surface area contributed by atoms with Crippen molar-refractivity contribution >= 4 is 5.91 Å². The monoisotopic (exact) mass is 1140 g/mol. The molecule has 2 heterocycles. The molecule has 0 saturated carbocycles. The van der Waals surface area contributed by atoms with Gasteiger partial charge in [-0.3, -0.25) is 4.79 Å². The number of ether oxygens (including phenoxy) is 4. The maximum Gasteiger partial charge on any atom is 0.220 e. The van der Waals surface area contributed by atoms with Crippen LogP contribution < -0.4 is 5.32 Å². The number of aliphatic hydroxyl groups is 8. The van der Waals surface area contributed by atoms with E-state index < -0.39 is 86.8 Å². The average Bonchev–Trinajstić information content (AvgIpc) is 3.49. The van der Waals surface area contributed by atoms with Crippen molar-refractivity contribution in [2.75, 3.05) is 19.8 Å². The van der Waals surface area contributed by atoms with Gasteiger partial charge in [0, 0.05) is 6.42 Å². The van der Waals surface area contributed by atoms with Crippen molar-refractivity contribution in [3.8, 4) is 0 Å². The van der Waals surface area contributed by atoms with E-state index in [1.807, 2.05) is 6.08 Å². The molecule has 0 radical (unpaired) electrons. The van der Waals surface area contributed by atoms with Crippen molar-refractivity contribution in [1.29, 1.82) is 0 Å². The van der Waals surface area contributed by atoms with E-state index in [1.165, 1.54) is 205 Å². The molecule has 14 nitrogen and oxygen atoms in total. The molecular formula is C66H123NO13. The van der Waals surface area contributed by atoms with Crippen LogP contribution in [0.2, 0.25) is 0 Å². The Balaban J connectivity index is 1.72. The number of hydrogen-bond donors (Lipinski definition) is 9. The Morgan fingerprint density at radius 3 is 1.23 bits per heavy atom. The summed E-state index contributed by atoms with van der Waals surface area (Å²) in [6, 6.07) is -0.936. The highest BCUT2D eigenvalue weighted by Crippen LogP contribution is 2.30. The van der Waals surface area contributed by atoms with Crippen LogP contribution in [-0.2, 0) is 23.7 Å². The lowest BCUT2D eigenvalue weighted by molar-refractivity contribution is -0.359. The van der Waals surface area contributed by atoms with E-state index >= 15 is 0 Å². The number of amides is 1. The molecule has 14 heteroatoms. The third-order valence-electron chi connectivity index (χ3n) is 16.3. The highest BCUT2D eigenvalue weighted by Gasteiger charge is 2.51. The Hall–Kier alpha value is -1.79. The van der Waals surface area contributed by atoms with Crippen molar-refractivity contribution in [1.82, 2.24) is 5.32 Å². The molecule has 0 aromatic rings. The molecule has 2 aliphatic heterocycles. The van der Waals surface area contributed by atoms with Gasteiger partial charge in [0.1, 0.15) is 48.8 Å². The van der Waals surface area contributed by atoms with E-state index in [4.69, 9.17) is 18.9 Å². The van der Waals surface area contributed by atoms with Crippen LogP contribution in [0.4, 0.5) is 0 Å². The van der Waals surface area contributed by atoms with Crippen LogP contribution in [0.1, 0.15) is 284 Å². The summed E-state index contributed by atoms with van der Waals surface area (Å²) in [5.74, 6) is -0.249. The van der Waals surface area contributed by atoms with Gasteiger partial charge in [-0.25, -0.2) is 0 Å². The van der Waals surface area contributed by atoms with Gasteiger partial charge in [0.25, 0.3) is 0 Å². The van der Waals surface area contributed by atoms with E-state index in [-0.39, 0.29) is 18.9 Å². The van der Waals surface area contributed by atoms with Crippen LogP contribution in [0.3, 0.4) is 0 Å². The van der Waals surface area contributed by atoms with Crippen LogP contribution in [0.15, 0.2) is 36.5 Å². The predicted octanol–water partition coefficient (Wildman–Crippen LogP) is 12.6. The third-order valence-corrected chi connectivity index (χ3v) is 16.3. The maximum absolute atomic E-state index is 13.3. The van der Waals surface area contributed by atoms with Gasteiger partial charge in [0.05, 0.1) is 32.0 Å². The number of aliphatic hydroxyl groups excluding tert-OH is 8. The second kappa shape index (κ2) is 51.6. The van der Waals surface area contributed by atoms with Gasteiger partial charge >= 0.3 is 0 Å². The zero-order valence-electron chi connectivity index (χ0n) is 50.8. The van der Waals surface area contributed by atoms with Crippen molar-refractivity contribution in [3.63, 3.8) is 0 Å². The molecule has 2 fully saturated rings. The Morgan fingerprint density at radius 1 is 0.438 bits per heavy atom. The van der Waals surface area contributed by atoms with Gasteiger partial charge in [-0.2, -0.15) is 0 Å². The molecule has 0 spiro atoms. The van der Waals surface area contributed by atoms with Crippen LogP contribution in [0, 0.1) is 0 Å². The molecule has 0 aliphatic carbocycles. The Labute approximate surface area is 487 Å². The van der Waals surface area contributed by atoms with Gasteiger partial charge in [-0.15, -0.1) is 0 Å². The van der Waals surface area contributed by atoms with Crippen molar-refractivity contribution in [3.05, 3.63) is 36.5 Å². The number of carbonyl (C=O) groups excluding carboxylic acids is 1. The number of nitrogens with one attached hydrogen (secondary N) is 1. The molecule has 0 aromatic carbocycles. The number of carbonyl (C=O) groups is 1. The van der Waals surface area contributed by atoms with Crippen molar-refractivity contribution in [2.24, 2.45) is 0 Å². The first-order valence-electron chi connectivity index (χ1n) is 33.2. The van der Waals surface area contributed by atoms with Crippen molar-refractivity contribution < 1.29 is 64.6 Å². The SMILES string of the molecule is CCCCCCCCCCCCCCCCCCCCC/C=C/CC/C=C/CC/C=C/C(O)C(COC1OC(CO)C(OC2OC(CO)C(O)C(O)C2O)C(O)C1O)NC(=O)CCCCCCCCCCCCCCCCCCC. The molecule has 12 atom stereocenters. The van der Waals surface area contributed by atoms with Gasteiger partial charge in [0.2, 0.25) is 5.91 Å². The second-order valence-corrected chi connectivity index (χ2v) is 23.6. The molecule has 2 rings (SSSR count). The topological polar surface area (TPSA) is 228 Å². The number of allylic oxidation sites excluding steroid dienone is 5. The Morgan fingerprint density at radius 2 is 0.800 bits per heavy atom. The van der Waals surface area contributed by atoms with E-state index in [9.17, 15) is 45.6 Å². The number of rotatable bonds is 54. The lowest BCUT2D eigenvalue weighted by Gasteiger charge is -2.46. The van der Waals surface area contributed by atoms with Crippen LogP contribution in [-0.4, -0.2) is 140 Å². The van der Waals surface area contributed by atoms with Gasteiger partial charge in [-0.1, -0.05) is 269 Å². The summed E-state index contributed by atoms with van der Waals surface area (Å²) in [4.78, 5) is 13.3. The lowest BCUT2D eigenvalue weighted by atomic mass is 9.97. The smallest absolute Gasteiger partial charge is 0.220 e. The fourth-order valence-corrected chi connectivity index (χ4v) is 11.0. The summed E-state index contributed by atoms with van der Waals surface area (Å²) in [6.45, 7) is 2.81. The quantitative estimate of drug-likeness (QED) is 0.0204. The van der Waals surface area contributed by atoms with Gasteiger partial charge in [-0.05, 0) is 44.9 Å². The first kappa shape index (κ1) is 74.3. The molecule has 80 heavy (non-hydrogen) atoms. The molecule has 9 N–H and O–H groups in total. The summed E-state index contributed by atoms with van der Waals surface area (Å²) in [7, 11) is 0. The molecule has 0 bridgehead atoms. The largest absolute Gasteiger partial charge is 0.394 e. The number of unbranched alkanes of at least 4 members (excludes halogenated alkanes) is 37. The van der Waals surface area contributed by atoms with E-state index in [2.05, 4.69) is 43.5 Å². The molecule has 12 unspecified atom stereocenters. The normalized spacial score (nSPS) is 24.4. The van der Waals surface area contributed by atoms with E-state index in [0.717, 1.165) is 44.9 Å². The van der Waals surface area contributed by atoms with Crippen LogP contribution in [0.25, 0.3) is 0 Å². The minimum Gasteiger partial charge on any atom is -0.394 e. The highest BCUT2D eigenvalue weighted by molar-refractivity contribution is 5.76. The van der Waals surface area contributed by atoms with Crippen LogP contribution in [0.5, 0.6) is 0 Å². The predicted molar refractivity (Wildman–Crippen MR) is 323 cm³/mol. The zero-order valence-corrected chi connectivity index (χ0v) is 50.8. The highest BCUT2D eigenvalue weighted by atomic mass is 16.7. The molecule has 1 amide bonds. The van der Waals surface area contributed by atoms with Gasteiger partial charge in [0.15, 0.2) is 12.6 Å². The molecule has 0 aromatic heterocycles. The molecule has 2 saturated heterocycles. The molecule has 2 aliphatic rings. The summed E-state index contributed by atoms with van der Waals surface area (Å²) >= 11 is 0. The van der Waals surface area contributed by atoms with E-state index in [1.54, 1.807) is 6.08 Å². The average molecular weight is 1140 g/mol. The van der Waals surface area contributed by atoms with Gasteiger partial charge < -0.3 is 65.1 Å². The first-order chi connectivity index (χ1) is 39.1. The summed E-state index contributed by atoms with van der Waals surface area (Å²) in [5.41, 5.74) is 0. The molecular weight excluding hydrogens is 1010 g/mol. The zero-order chi connectivity index (χ0) is 58.1. The third kappa shape index (κ3) is 36.1. The van der Waals surface area contributed by atoms with Crippen molar-refractivity contribution in [2.45, 2.75) is 357 Å². The second-order valence-electron chi connectivity index (χ2n) is 23.6. The van der Waals surface area contributed by atoms with Crippen LogP contribution >= 0.6 is 0 Å². The summed E-state index contributed by atoms with van der Waals surface area (Å²) in [5, 5.41) is 87.2. The lowest BCUT2D eigenvalue weighted by Crippen LogP contribution is -2.65. The minimum atomic E-state index is -1.79. The minimum absolute atomic E-state index is 0.249. The van der Waals surface area contributed by atoms with E-state index in [0.29, 0.717) is 12.8 Å². The first-order valence-corrected chi connectivity index (χ1v) is 33.2. The summed E-state index contributed by atoms with van der Waals surface area (Å²) in [6.07, 6.45) is 47.8. The molecule has 470 valence electrons. The maximum atomic E-state index is 13.3. The fourth-order valence-electron chi connectivity index (χ4n) is 11.0. The standard InChI is InChI=1S/C66H123NO13/c1-3-5-7-9-11-13-15-17-19-21-22-23-24-25-26-27-28-29-30-31-32-34-35-37-39-41-43-45-47-49-55(70)54(67-58(71)50-48-46-44-42-40-38-36-33-20-18-16-14-12-10-8-6-4-2)53-77-65-63(76)61(74)64(57(52-69)79-65)80-66-62(75)60(73)59(72)56(51-68)78-66/h32,34,39,41,47,49,54-57,59-66,68-70,72-76H,3-31,33,35-38,40,42-46,48,50-53H2,1-2H3,(H,67,71)/b34-32+,41-39+,49-47+. The Kier molecular flexibility index (Phi) is 47.9.